The summed E-state index contributed by atoms with van der Waals surface area (Å²) in [5, 5.41) is 0. The average molecular weight is 92.0 g/mol. The van der Waals surface area contributed by atoms with E-state index in [0.717, 1.165) is 0 Å². The first-order valence-corrected chi connectivity index (χ1v) is 1.36. The molecule has 0 aromatic rings. The van der Waals surface area contributed by atoms with Gasteiger partial charge in [0.15, 0.2) is 0 Å². The molecule has 0 aliphatic rings. The van der Waals surface area contributed by atoms with Crippen LogP contribution in [0.25, 0.3) is 0 Å². The van der Waals surface area contributed by atoms with E-state index in [9.17, 15) is 4.79 Å². The number of carbonyl (C=O) groups is 1. The minimum Gasteiger partial charge on any atom is -1.00 e. The maximum absolute atomic E-state index is 9.72. The van der Waals surface area contributed by atoms with Gasteiger partial charge in [0.05, 0.1) is 7.11 Å². The van der Waals surface area contributed by atoms with Crippen molar-refractivity contribution in [3.05, 3.63) is 0 Å². The largest absolute Gasteiger partial charge is 1.00 e. The third-order valence-electron chi connectivity index (χ3n) is 0.303. The van der Waals surface area contributed by atoms with Crippen molar-refractivity contribution in [3.63, 3.8) is 0 Å². The first-order valence-electron chi connectivity index (χ1n) is 1.36. The van der Waals surface area contributed by atoms with Crippen molar-refractivity contribution in [1.82, 2.24) is 0 Å². The normalized spacial score (nSPS) is 5.14. The number of methoxy groups -OCH3 is 1. The van der Waals surface area contributed by atoms with Crippen molar-refractivity contribution < 1.29 is 29.8 Å². The van der Waals surface area contributed by atoms with Gasteiger partial charge in [-0.3, -0.25) is 0 Å². The summed E-state index contributed by atoms with van der Waals surface area (Å²) in [4.78, 5) is 9.72. The summed E-state index contributed by atoms with van der Waals surface area (Å²) in [6.07, 6.45) is 4.56. The molecule has 0 atom stereocenters. The number of ether oxygens (including phenoxy) is 1. The molecule has 0 bridgehead atoms. The Bertz CT molecular complexity index is 96.7. The van der Waals surface area contributed by atoms with Crippen LogP contribution < -0.4 is 18.9 Å². The second-order valence-corrected chi connectivity index (χ2v) is 0.636. The Balaban J connectivity index is -0.000000125. The molecular formula is C4H5LiO2. The summed E-state index contributed by atoms with van der Waals surface area (Å²) >= 11 is 0. The van der Waals surface area contributed by atoms with Gasteiger partial charge in [-0.2, -0.15) is 0 Å². The summed E-state index contributed by atoms with van der Waals surface area (Å²) in [6, 6.07) is 0. The number of esters is 1. The summed E-state index contributed by atoms with van der Waals surface area (Å²) in [5.74, 6) is 1.12. The van der Waals surface area contributed by atoms with Crippen molar-refractivity contribution in [2.24, 2.45) is 0 Å². The topological polar surface area (TPSA) is 26.3 Å². The molecule has 0 amide bonds. The van der Waals surface area contributed by atoms with Crippen molar-refractivity contribution in [2.75, 3.05) is 7.11 Å². The molecule has 0 aromatic heterocycles. The SMILES string of the molecule is C#CC(=O)OC.[H-].[Li+]. The van der Waals surface area contributed by atoms with Gasteiger partial charge in [0.1, 0.15) is 0 Å². The van der Waals surface area contributed by atoms with E-state index in [4.69, 9.17) is 0 Å². The Morgan fingerprint density at radius 1 is 2.00 bits per heavy atom. The first kappa shape index (κ1) is 9.80. The van der Waals surface area contributed by atoms with Gasteiger partial charge in [0.2, 0.25) is 0 Å². The number of hydrogen-bond acceptors (Lipinski definition) is 2. The number of terminal acetylenes is 1. The van der Waals surface area contributed by atoms with Crippen LogP contribution in [0.3, 0.4) is 0 Å². The maximum atomic E-state index is 9.72. The molecule has 0 rings (SSSR count). The average Bonchev–Trinajstić information content (AvgIpc) is 1.65. The van der Waals surface area contributed by atoms with Crippen LogP contribution in [0.15, 0.2) is 0 Å². The first-order chi connectivity index (χ1) is 2.81. The van der Waals surface area contributed by atoms with E-state index in [1.54, 1.807) is 5.92 Å². The molecule has 2 nitrogen and oxygen atoms in total. The summed E-state index contributed by atoms with van der Waals surface area (Å²) in [6.45, 7) is 0. The third-order valence-corrected chi connectivity index (χ3v) is 0.303. The van der Waals surface area contributed by atoms with Crippen molar-refractivity contribution in [3.8, 4) is 12.3 Å². The van der Waals surface area contributed by atoms with Gasteiger partial charge in [0, 0.05) is 5.92 Å². The van der Waals surface area contributed by atoms with E-state index in [1.807, 2.05) is 0 Å². The summed E-state index contributed by atoms with van der Waals surface area (Å²) in [5.41, 5.74) is 0. The van der Waals surface area contributed by atoms with Crippen LogP contribution in [0.5, 0.6) is 0 Å². The van der Waals surface area contributed by atoms with E-state index in [2.05, 4.69) is 11.2 Å². The number of rotatable bonds is 0. The standard InChI is InChI=1S/C4H4O2.Li.H/c1-3-4(5)6-2;;/h1H,2H3;;/q;+1;-1. The Morgan fingerprint density at radius 3 is 2.43 bits per heavy atom. The van der Waals surface area contributed by atoms with Crippen molar-refractivity contribution >= 4 is 5.97 Å². The second-order valence-electron chi connectivity index (χ2n) is 0.636. The fourth-order valence-corrected chi connectivity index (χ4v) is 0.0589. The molecule has 0 unspecified atom stereocenters. The van der Waals surface area contributed by atoms with Crippen LogP contribution in [0.2, 0.25) is 0 Å². The molecule has 0 saturated heterocycles. The quantitative estimate of drug-likeness (QED) is 0.137. The molecule has 0 fully saturated rings. The number of hydrogen-bond donors (Lipinski definition) is 0. The third kappa shape index (κ3) is 5.63. The smallest absolute Gasteiger partial charge is 1.00 e. The van der Waals surface area contributed by atoms with Gasteiger partial charge in [-0.05, 0) is 0 Å². The molecular weight excluding hydrogens is 87.0 g/mol. The summed E-state index contributed by atoms with van der Waals surface area (Å²) < 4.78 is 4.02. The van der Waals surface area contributed by atoms with Crippen LogP contribution in [-0.2, 0) is 9.53 Å². The molecule has 0 aromatic carbocycles. The minimum atomic E-state index is -0.630. The molecule has 0 aliphatic heterocycles. The van der Waals surface area contributed by atoms with Gasteiger partial charge in [-0.15, -0.1) is 6.42 Å². The van der Waals surface area contributed by atoms with Crippen molar-refractivity contribution in [1.29, 1.82) is 0 Å². The molecule has 34 valence electrons. The van der Waals surface area contributed by atoms with Crippen LogP contribution in [0.1, 0.15) is 1.43 Å². The van der Waals surface area contributed by atoms with Crippen molar-refractivity contribution in [2.45, 2.75) is 0 Å². The fraction of sp³-hybridized carbons (Fsp3) is 0.250. The van der Waals surface area contributed by atoms with E-state index >= 15 is 0 Å². The molecule has 0 heterocycles. The zero-order chi connectivity index (χ0) is 4.99. The zero-order valence-corrected chi connectivity index (χ0v) is 4.39. The van der Waals surface area contributed by atoms with Gasteiger partial charge in [-0.1, -0.05) is 0 Å². The Morgan fingerprint density at radius 2 is 2.43 bits per heavy atom. The van der Waals surface area contributed by atoms with E-state index in [-0.39, 0.29) is 20.3 Å². The monoisotopic (exact) mass is 92.0 g/mol. The summed E-state index contributed by atoms with van der Waals surface area (Å²) in [7, 11) is 1.24. The van der Waals surface area contributed by atoms with Gasteiger partial charge >= 0.3 is 24.8 Å². The van der Waals surface area contributed by atoms with Gasteiger partial charge in [-0.25, -0.2) is 4.79 Å². The van der Waals surface area contributed by atoms with Gasteiger partial charge in [0.25, 0.3) is 0 Å². The Labute approximate surface area is 55.9 Å². The predicted molar refractivity (Wildman–Crippen MR) is 22.0 cm³/mol. The minimum absolute atomic E-state index is 0. The number of carbonyl (C=O) groups excluding carboxylic acids is 1. The fourth-order valence-electron chi connectivity index (χ4n) is 0.0589. The molecule has 3 heteroatoms. The van der Waals surface area contributed by atoms with Crippen LogP contribution in [-0.4, -0.2) is 13.1 Å². The molecule has 0 saturated carbocycles. The van der Waals surface area contributed by atoms with Crippen LogP contribution >= 0.6 is 0 Å². The predicted octanol–water partition coefficient (Wildman–Crippen LogP) is -3.09. The molecule has 0 N–H and O–H groups in total. The second kappa shape index (κ2) is 5.63. The zero-order valence-electron chi connectivity index (χ0n) is 5.39. The molecule has 0 aliphatic carbocycles. The Kier molecular flexibility index (Phi) is 7.88. The molecule has 7 heavy (non-hydrogen) atoms. The Hall–Kier alpha value is -0.373. The maximum Gasteiger partial charge on any atom is 1.00 e. The van der Waals surface area contributed by atoms with Crippen LogP contribution in [0.4, 0.5) is 0 Å². The van der Waals surface area contributed by atoms with E-state index in [0.29, 0.717) is 0 Å². The van der Waals surface area contributed by atoms with Gasteiger partial charge < -0.3 is 6.16 Å². The van der Waals surface area contributed by atoms with Crippen LogP contribution in [0, 0.1) is 12.3 Å². The molecule has 0 spiro atoms. The van der Waals surface area contributed by atoms with E-state index in [1.165, 1.54) is 7.11 Å². The molecule has 0 radical (unpaired) electrons. The van der Waals surface area contributed by atoms with E-state index < -0.39 is 5.97 Å².